The van der Waals surface area contributed by atoms with E-state index in [1.165, 1.54) is 29.5 Å². The summed E-state index contributed by atoms with van der Waals surface area (Å²) in [6.07, 6.45) is 2.48. The highest BCUT2D eigenvalue weighted by Gasteiger charge is 2.43. The fourth-order valence-corrected chi connectivity index (χ4v) is 3.09. The SMILES string of the molecule is CN=C(NCc1ccc(COC)cc1)NCC1(c2ccccc2)CC1.I. The minimum atomic E-state index is 0. The van der Waals surface area contributed by atoms with Gasteiger partial charge >= 0.3 is 0 Å². The van der Waals surface area contributed by atoms with Crippen molar-refractivity contribution in [2.75, 3.05) is 20.7 Å². The highest BCUT2D eigenvalue weighted by molar-refractivity contribution is 14.0. The summed E-state index contributed by atoms with van der Waals surface area (Å²) in [6.45, 7) is 2.33. The Balaban J connectivity index is 0.00000243. The molecule has 0 atom stereocenters. The van der Waals surface area contributed by atoms with Crippen molar-refractivity contribution in [3.05, 3.63) is 71.3 Å². The van der Waals surface area contributed by atoms with Gasteiger partial charge in [-0.1, -0.05) is 54.6 Å². The number of rotatable bonds is 7. The molecule has 26 heavy (non-hydrogen) atoms. The average molecular weight is 465 g/mol. The lowest BCUT2D eigenvalue weighted by molar-refractivity contribution is 0.185. The lowest BCUT2D eigenvalue weighted by atomic mass is 9.96. The largest absolute Gasteiger partial charge is 0.380 e. The standard InChI is InChI=1S/C21H27N3O.HI/c1-22-20(23-14-17-8-10-18(11-9-17)15-25-2)24-16-21(12-13-21)19-6-4-3-5-7-19;/h3-11H,12-16H2,1-2H3,(H2,22,23,24);1H. The smallest absolute Gasteiger partial charge is 0.191 e. The highest BCUT2D eigenvalue weighted by Crippen LogP contribution is 2.47. The lowest BCUT2D eigenvalue weighted by Crippen LogP contribution is -2.40. The van der Waals surface area contributed by atoms with Crippen LogP contribution < -0.4 is 10.6 Å². The van der Waals surface area contributed by atoms with Crippen molar-refractivity contribution in [2.24, 2.45) is 4.99 Å². The van der Waals surface area contributed by atoms with E-state index < -0.39 is 0 Å². The van der Waals surface area contributed by atoms with Crippen molar-refractivity contribution in [2.45, 2.75) is 31.4 Å². The second-order valence-electron chi connectivity index (χ2n) is 6.68. The van der Waals surface area contributed by atoms with Crippen molar-refractivity contribution in [1.29, 1.82) is 0 Å². The molecule has 0 spiro atoms. The number of nitrogens with one attached hydrogen (secondary N) is 2. The first-order valence-corrected chi connectivity index (χ1v) is 8.82. The maximum absolute atomic E-state index is 5.14. The molecule has 0 heterocycles. The summed E-state index contributed by atoms with van der Waals surface area (Å²) < 4.78 is 5.14. The number of hydrogen-bond acceptors (Lipinski definition) is 2. The van der Waals surface area contributed by atoms with Crippen LogP contribution in [0.1, 0.15) is 29.5 Å². The molecule has 0 saturated heterocycles. The van der Waals surface area contributed by atoms with Gasteiger partial charge in [-0.2, -0.15) is 0 Å². The topological polar surface area (TPSA) is 45.7 Å². The molecule has 2 N–H and O–H groups in total. The zero-order valence-electron chi connectivity index (χ0n) is 15.5. The summed E-state index contributed by atoms with van der Waals surface area (Å²) in [4.78, 5) is 4.35. The fourth-order valence-electron chi connectivity index (χ4n) is 3.09. The molecule has 1 aliphatic rings. The second kappa shape index (κ2) is 9.92. The highest BCUT2D eigenvalue weighted by atomic mass is 127. The lowest BCUT2D eigenvalue weighted by Gasteiger charge is -2.19. The van der Waals surface area contributed by atoms with Crippen LogP contribution in [0.5, 0.6) is 0 Å². The molecule has 2 aromatic rings. The van der Waals surface area contributed by atoms with Crippen LogP contribution in [0.4, 0.5) is 0 Å². The van der Waals surface area contributed by atoms with Crippen LogP contribution in [-0.2, 0) is 23.3 Å². The summed E-state index contributed by atoms with van der Waals surface area (Å²) in [5.41, 5.74) is 4.12. The number of benzene rings is 2. The third-order valence-corrected chi connectivity index (χ3v) is 4.85. The second-order valence-corrected chi connectivity index (χ2v) is 6.68. The van der Waals surface area contributed by atoms with Crippen molar-refractivity contribution in [1.82, 2.24) is 10.6 Å². The molecule has 1 saturated carbocycles. The average Bonchev–Trinajstić information content (AvgIpc) is 3.45. The Hall–Kier alpha value is -1.60. The monoisotopic (exact) mass is 465 g/mol. The van der Waals surface area contributed by atoms with Crippen LogP contribution in [0.15, 0.2) is 59.6 Å². The number of nitrogens with zero attached hydrogens (tertiary/aromatic N) is 1. The van der Waals surface area contributed by atoms with E-state index >= 15 is 0 Å². The Morgan fingerprint density at radius 1 is 1.00 bits per heavy atom. The molecule has 1 aliphatic carbocycles. The molecule has 0 unspecified atom stereocenters. The Labute approximate surface area is 173 Å². The Morgan fingerprint density at radius 2 is 1.65 bits per heavy atom. The van der Waals surface area contributed by atoms with Crippen LogP contribution in [0, 0.1) is 0 Å². The molecular formula is C21H28IN3O. The van der Waals surface area contributed by atoms with Gasteiger partial charge < -0.3 is 15.4 Å². The molecule has 1 fully saturated rings. The number of halogens is 1. The minimum absolute atomic E-state index is 0. The van der Waals surface area contributed by atoms with E-state index in [0.717, 1.165) is 19.0 Å². The Bertz CT molecular complexity index is 697. The zero-order chi connectivity index (χ0) is 17.5. The summed E-state index contributed by atoms with van der Waals surface area (Å²) in [6, 6.07) is 19.2. The van der Waals surface area contributed by atoms with E-state index in [9.17, 15) is 0 Å². The van der Waals surface area contributed by atoms with Gasteiger partial charge in [0.1, 0.15) is 0 Å². The Kier molecular flexibility index (Phi) is 7.90. The van der Waals surface area contributed by atoms with Gasteiger partial charge in [-0.25, -0.2) is 0 Å². The molecule has 0 bridgehead atoms. The molecule has 0 radical (unpaired) electrons. The maximum atomic E-state index is 5.14. The number of guanidine groups is 1. The van der Waals surface area contributed by atoms with Crippen molar-refractivity contribution in [3.63, 3.8) is 0 Å². The Morgan fingerprint density at radius 3 is 2.23 bits per heavy atom. The quantitative estimate of drug-likeness (QED) is 0.371. The summed E-state index contributed by atoms with van der Waals surface area (Å²) in [5, 5.41) is 6.89. The van der Waals surface area contributed by atoms with Crippen LogP contribution >= 0.6 is 24.0 Å². The number of aliphatic imine (C=N–C) groups is 1. The molecule has 4 nitrogen and oxygen atoms in total. The van der Waals surface area contributed by atoms with E-state index in [-0.39, 0.29) is 29.4 Å². The zero-order valence-corrected chi connectivity index (χ0v) is 17.8. The predicted molar refractivity (Wildman–Crippen MR) is 118 cm³/mol. The van der Waals surface area contributed by atoms with Crippen LogP contribution in [-0.4, -0.2) is 26.7 Å². The van der Waals surface area contributed by atoms with Gasteiger partial charge in [0.15, 0.2) is 5.96 Å². The maximum Gasteiger partial charge on any atom is 0.191 e. The van der Waals surface area contributed by atoms with Gasteiger partial charge in [0.25, 0.3) is 0 Å². The molecule has 2 aromatic carbocycles. The van der Waals surface area contributed by atoms with Gasteiger partial charge in [0.05, 0.1) is 6.61 Å². The molecular weight excluding hydrogens is 437 g/mol. The fraction of sp³-hybridized carbons (Fsp3) is 0.381. The molecule has 140 valence electrons. The normalized spacial score (nSPS) is 15.1. The number of ether oxygens (including phenoxy) is 1. The van der Waals surface area contributed by atoms with E-state index in [0.29, 0.717) is 6.61 Å². The van der Waals surface area contributed by atoms with Gasteiger partial charge in [0, 0.05) is 32.7 Å². The number of methoxy groups -OCH3 is 1. The first-order chi connectivity index (χ1) is 12.3. The molecule has 3 rings (SSSR count). The van der Waals surface area contributed by atoms with Gasteiger partial charge in [0.2, 0.25) is 0 Å². The molecule has 0 aromatic heterocycles. The van der Waals surface area contributed by atoms with Crippen LogP contribution in [0.3, 0.4) is 0 Å². The van der Waals surface area contributed by atoms with E-state index in [4.69, 9.17) is 4.74 Å². The van der Waals surface area contributed by atoms with E-state index in [1.807, 2.05) is 7.05 Å². The molecule has 5 heteroatoms. The van der Waals surface area contributed by atoms with Gasteiger partial charge in [-0.15, -0.1) is 24.0 Å². The third kappa shape index (κ3) is 5.45. The van der Waals surface area contributed by atoms with E-state index in [2.05, 4.69) is 70.2 Å². The molecule has 0 amide bonds. The van der Waals surface area contributed by atoms with Crippen molar-refractivity contribution in [3.8, 4) is 0 Å². The number of hydrogen-bond donors (Lipinski definition) is 2. The van der Waals surface area contributed by atoms with E-state index in [1.54, 1.807) is 7.11 Å². The summed E-state index contributed by atoms with van der Waals surface area (Å²) >= 11 is 0. The first-order valence-electron chi connectivity index (χ1n) is 8.82. The minimum Gasteiger partial charge on any atom is -0.380 e. The van der Waals surface area contributed by atoms with Crippen LogP contribution in [0.25, 0.3) is 0 Å². The summed E-state index contributed by atoms with van der Waals surface area (Å²) in [5.74, 6) is 0.850. The van der Waals surface area contributed by atoms with Crippen LogP contribution in [0.2, 0.25) is 0 Å². The van der Waals surface area contributed by atoms with Crippen molar-refractivity contribution >= 4 is 29.9 Å². The predicted octanol–water partition coefficient (Wildman–Crippen LogP) is 3.85. The first kappa shape index (κ1) is 20.7. The van der Waals surface area contributed by atoms with Gasteiger partial charge in [-0.3, -0.25) is 4.99 Å². The molecule has 0 aliphatic heterocycles. The van der Waals surface area contributed by atoms with Gasteiger partial charge in [-0.05, 0) is 29.5 Å². The van der Waals surface area contributed by atoms with Crippen molar-refractivity contribution < 1.29 is 4.74 Å². The summed E-state index contributed by atoms with van der Waals surface area (Å²) in [7, 11) is 3.53. The third-order valence-electron chi connectivity index (χ3n) is 4.85.